The summed E-state index contributed by atoms with van der Waals surface area (Å²) in [7, 11) is -3.55. The molecule has 0 radical (unpaired) electrons. The highest BCUT2D eigenvalue weighted by Crippen LogP contribution is 2.21. The molecular weight excluding hydrogens is 272 g/mol. The largest absolute Gasteiger partial charge is 0.374 e. The molecule has 0 amide bonds. The van der Waals surface area contributed by atoms with Gasteiger partial charge in [-0.05, 0) is 12.8 Å². The van der Waals surface area contributed by atoms with E-state index in [-0.39, 0.29) is 15.5 Å². The second kappa shape index (κ2) is 5.94. The topological polar surface area (TPSA) is 98.0 Å². The quantitative estimate of drug-likeness (QED) is 0.879. The first-order valence-electron chi connectivity index (χ1n) is 6.19. The van der Waals surface area contributed by atoms with Crippen molar-refractivity contribution in [1.29, 1.82) is 0 Å². The normalized spacial score (nSPS) is 19.3. The lowest BCUT2D eigenvalue weighted by atomic mass is 9.97. The lowest BCUT2D eigenvalue weighted by Gasteiger charge is -2.19. The Morgan fingerprint density at radius 1 is 1.11 bits per heavy atom. The van der Waals surface area contributed by atoms with Crippen molar-refractivity contribution in [2.75, 3.05) is 5.73 Å². The monoisotopic (exact) mass is 290 g/mol. The van der Waals surface area contributed by atoms with Gasteiger partial charge < -0.3 is 5.73 Å². The molecule has 3 N–H and O–H groups in total. The summed E-state index contributed by atoms with van der Waals surface area (Å²) in [5.74, 6) is 0. The molecule has 1 aromatic rings. The molecule has 1 aliphatic rings. The summed E-state index contributed by atoms with van der Waals surface area (Å²) in [6.07, 6.45) is 7.57. The SMILES string of the molecule is Nc1nnc(S(=O)(=O)NC2CCCCCCC2)s1. The molecule has 1 aromatic heterocycles. The number of aromatic nitrogens is 2. The van der Waals surface area contributed by atoms with Gasteiger partial charge in [-0.25, -0.2) is 13.1 Å². The van der Waals surface area contributed by atoms with Crippen molar-refractivity contribution >= 4 is 26.5 Å². The lowest BCUT2D eigenvalue weighted by molar-refractivity contribution is 0.426. The first-order valence-corrected chi connectivity index (χ1v) is 8.49. The standard InChI is InChI=1S/C10H18N4O2S2/c11-9-12-13-10(17-9)18(15,16)14-8-6-4-2-1-3-5-7-8/h8,14H,1-7H2,(H2,11,12). The molecule has 2 rings (SSSR count). The van der Waals surface area contributed by atoms with Gasteiger partial charge >= 0.3 is 0 Å². The minimum Gasteiger partial charge on any atom is -0.374 e. The molecule has 1 fully saturated rings. The van der Waals surface area contributed by atoms with Crippen LogP contribution in [0.4, 0.5) is 5.13 Å². The Hall–Kier alpha value is -0.730. The molecule has 0 spiro atoms. The van der Waals surface area contributed by atoms with E-state index >= 15 is 0 Å². The van der Waals surface area contributed by atoms with Crippen molar-refractivity contribution < 1.29 is 8.42 Å². The molecule has 8 heteroatoms. The Bertz CT molecular complexity index is 478. The average molecular weight is 290 g/mol. The van der Waals surface area contributed by atoms with E-state index in [2.05, 4.69) is 14.9 Å². The summed E-state index contributed by atoms with van der Waals surface area (Å²) >= 11 is 0.898. The number of hydrogen-bond donors (Lipinski definition) is 2. The van der Waals surface area contributed by atoms with Crippen LogP contribution in [-0.2, 0) is 10.0 Å². The molecule has 0 aliphatic heterocycles. The third kappa shape index (κ3) is 3.63. The number of nitrogens with two attached hydrogens (primary N) is 1. The zero-order valence-corrected chi connectivity index (χ0v) is 11.8. The highest BCUT2D eigenvalue weighted by molar-refractivity contribution is 7.91. The highest BCUT2D eigenvalue weighted by atomic mass is 32.2. The Morgan fingerprint density at radius 3 is 2.28 bits per heavy atom. The zero-order valence-electron chi connectivity index (χ0n) is 10.1. The van der Waals surface area contributed by atoms with Crippen LogP contribution in [0, 0.1) is 0 Å². The van der Waals surface area contributed by atoms with Crippen molar-refractivity contribution in [3.05, 3.63) is 0 Å². The van der Waals surface area contributed by atoms with E-state index in [1.807, 2.05) is 0 Å². The summed E-state index contributed by atoms with van der Waals surface area (Å²) in [5.41, 5.74) is 5.41. The molecule has 18 heavy (non-hydrogen) atoms. The Morgan fingerprint density at radius 2 is 1.72 bits per heavy atom. The smallest absolute Gasteiger partial charge is 0.270 e. The highest BCUT2D eigenvalue weighted by Gasteiger charge is 2.24. The number of sulfonamides is 1. The van der Waals surface area contributed by atoms with Gasteiger partial charge in [-0.2, -0.15) is 0 Å². The number of rotatable bonds is 3. The number of nitrogens with zero attached hydrogens (tertiary/aromatic N) is 2. The zero-order chi connectivity index (χ0) is 13.0. The van der Waals surface area contributed by atoms with Crippen LogP contribution in [0.2, 0.25) is 0 Å². The van der Waals surface area contributed by atoms with Crippen LogP contribution in [0.3, 0.4) is 0 Å². The fourth-order valence-corrected chi connectivity index (χ4v) is 4.28. The van der Waals surface area contributed by atoms with Crippen LogP contribution in [0.1, 0.15) is 44.9 Å². The fourth-order valence-electron chi connectivity index (χ4n) is 2.17. The predicted octanol–water partition coefficient (Wildman–Crippen LogP) is 1.51. The second-order valence-corrected chi connectivity index (χ2v) is 7.47. The number of nitrogens with one attached hydrogen (secondary N) is 1. The maximum atomic E-state index is 12.1. The van der Waals surface area contributed by atoms with E-state index in [1.54, 1.807) is 0 Å². The summed E-state index contributed by atoms with van der Waals surface area (Å²) < 4.78 is 26.8. The van der Waals surface area contributed by atoms with Gasteiger partial charge in [0.2, 0.25) is 9.47 Å². The number of nitrogen functional groups attached to an aromatic ring is 1. The van der Waals surface area contributed by atoms with Crippen molar-refractivity contribution in [3.8, 4) is 0 Å². The summed E-state index contributed by atoms with van der Waals surface area (Å²) in [4.78, 5) is 0. The van der Waals surface area contributed by atoms with E-state index in [0.29, 0.717) is 0 Å². The van der Waals surface area contributed by atoms with Gasteiger partial charge in [0.15, 0.2) is 0 Å². The molecule has 0 bridgehead atoms. The van der Waals surface area contributed by atoms with Crippen LogP contribution in [0.25, 0.3) is 0 Å². The third-order valence-corrected chi connectivity index (χ3v) is 5.72. The summed E-state index contributed by atoms with van der Waals surface area (Å²) in [6, 6.07) is 0.0143. The third-order valence-electron chi connectivity index (χ3n) is 3.08. The van der Waals surface area contributed by atoms with Gasteiger partial charge in [-0.1, -0.05) is 43.4 Å². The Kier molecular flexibility index (Phi) is 4.52. The van der Waals surface area contributed by atoms with Gasteiger partial charge in [-0.15, -0.1) is 10.2 Å². The number of hydrogen-bond acceptors (Lipinski definition) is 6. The lowest BCUT2D eigenvalue weighted by Crippen LogP contribution is -2.35. The minimum absolute atomic E-state index is 0.0143. The van der Waals surface area contributed by atoms with Crippen molar-refractivity contribution in [2.45, 2.75) is 55.3 Å². The number of anilines is 1. The molecule has 1 heterocycles. The van der Waals surface area contributed by atoms with Gasteiger partial charge in [0.1, 0.15) is 0 Å². The molecule has 0 aromatic carbocycles. The minimum atomic E-state index is -3.55. The van der Waals surface area contributed by atoms with Crippen LogP contribution < -0.4 is 10.5 Å². The summed E-state index contributed by atoms with van der Waals surface area (Å²) in [6.45, 7) is 0. The molecule has 0 saturated heterocycles. The van der Waals surface area contributed by atoms with Crippen LogP contribution in [0.5, 0.6) is 0 Å². The van der Waals surface area contributed by atoms with Crippen LogP contribution in [0.15, 0.2) is 4.34 Å². The average Bonchev–Trinajstić information content (AvgIpc) is 2.69. The van der Waals surface area contributed by atoms with Gasteiger partial charge in [-0.3, -0.25) is 0 Å². The van der Waals surface area contributed by atoms with E-state index < -0.39 is 10.0 Å². The maximum Gasteiger partial charge on any atom is 0.270 e. The fraction of sp³-hybridized carbons (Fsp3) is 0.800. The molecule has 0 unspecified atom stereocenters. The first-order chi connectivity index (χ1) is 8.58. The van der Waals surface area contributed by atoms with Crippen LogP contribution >= 0.6 is 11.3 Å². The van der Waals surface area contributed by atoms with E-state index in [1.165, 1.54) is 19.3 Å². The van der Waals surface area contributed by atoms with E-state index in [0.717, 1.165) is 37.0 Å². The first kappa shape index (κ1) is 13.7. The Labute approximate surface area is 111 Å². The Balaban J connectivity index is 2.02. The molecule has 102 valence electrons. The predicted molar refractivity (Wildman–Crippen MR) is 70.7 cm³/mol. The van der Waals surface area contributed by atoms with Crippen molar-refractivity contribution in [3.63, 3.8) is 0 Å². The van der Waals surface area contributed by atoms with Gasteiger partial charge in [0.05, 0.1) is 0 Å². The molecule has 1 aliphatic carbocycles. The van der Waals surface area contributed by atoms with E-state index in [4.69, 9.17) is 5.73 Å². The van der Waals surface area contributed by atoms with Crippen LogP contribution in [-0.4, -0.2) is 24.7 Å². The molecular formula is C10H18N4O2S2. The molecule has 1 saturated carbocycles. The maximum absolute atomic E-state index is 12.1. The van der Waals surface area contributed by atoms with Gasteiger partial charge in [0, 0.05) is 6.04 Å². The molecule has 6 nitrogen and oxygen atoms in total. The molecule has 0 atom stereocenters. The van der Waals surface area contributed by atoms with Crippen molar-refractivity contribution in [2.24, 2.45) is 0 Å². The van der Waals surface area contributed by atoms with Gasteiger partial charge in [0.25, 0.3) is 10.0 Å². The van der Waals surface area contributed by atoms with Crippen molar-refractivity contribution in [1.82, 2.24) is 14.9 Å². The second-order valence-electron chi connectivity index (χ2n) is 4.57. The summed E-state index contributed by atoms with van der Waals surface area (Å²) in [5, 5.41) is 7.30. The van der Waals surface area contributed by atoms with E-state index in [9.17, 15) is 8.42 Å².